The van der Waals surface area contributed by atoms with E-state index in [0.29, 0.717) is 12.1 Å². The monoisotopic (exact) mass is 448 g/mol. The molecule has 0 aromatic heterocycles. The number of alkyl halides is 3. The van der Waals surface area contributed by atoms with Gasteiger partial charge in [-0.15, -0.1) is 0 Å². The number of piperazine rings is 1. The second-order valence-electron chi connectivity index (χ2n) is 6.86. The number of hydrogen-bond acceptors (Lipinski definition) is 5. The minimum absolute atomic E-state index is 0.00399. The summed E-state index contributed by atoms with van der Waals surface area (Å²) in [4.78, 5) is 36.1. The lowest BCUT2D eigenvalue weighted by Gasteiger charge is -2.34. The molecule has 1 atom stereocenters. The quantitative estimate of drug-likeness (QED) is 0.638. The van der Waals surface area contributed by atoms with Gasteiger partial charge in [0, 0.05) is 32.6 Å². The molecule has 13 heteroatoms. The molecule has 164 valence electrons. The van der Waals surface area contributed by atoms with Crippen LogP contribution in [0.3, 0.4) is 0 Å². The maximum Gasteiger partial charge on any atom is 0.416 e. The Morgan fingerprint density at radius 3 is 2.17 bits per heavy atom. The highest BCUT2D eigenvalue weighted by Crippen LogP contribution is 2.30. The Balaban J connectivity index is 1.54. The molecule has 2 aliphatic heterocycles. The average Bonchev–Trinajstić information content (AvgIpc) is 3.02. The summed E-state index contributed by atoms with van der Waals surface area (Å²) in [6, 6.07) is 1.87. The summed E-state index contributed by atoms with van der Waals surface area (Å²) in [5, 5.41) is 4.46. The lowest BCUT2D eigenvalue weighted by molar-refractivity contribution is -0.137. The van der Waals surface area contributed by atoms with Crippen LogP contribution in [0.5, 0.6) is 0 Å². The molecule has 4 amide bonds. The van der Waals surface area contributed by atoms with Crippen molar-refractivity contribution in [1.82, 2.24) is 19.8 Å². The molecule has 9 nitrogen and oxygen atoms in total. The van der Waals surface area contributed by atoms with Gasteiger partial charge in [-0.1, -0.05) is 0 Å². The molecule has 2 saturated heterocycles. The maximum atomic E-state index is 12.7. The van der Waals surface area contributed by atoms with Gasteiger partial charge in [-0.25, -0.2) is 13.2 Å². The first-order chi connectivity index (χ1) is 14.0. The highest BCUT2D eigenvalue weighted by Gasteiger charge is 2.34. The van der Waals surface area contributed by atoms with E-state index < -0.39 is 39.7 Å². The van der Waals surface area contributed by atoms with Crippen LogP contribution in [0.1, 0.15) is 18.4 Å². The van der Waals surface area contributed by atoms with Crippen LogP contribution in [0.15, 0.2) is 29.2 Å². The van der Waals surface area contributed by atoms with Gasteiger partial charge < -0.3 is 10.2 Å². The molecule has 3 rings (SSSR count). The Labute approximate surface area is 170 Å². The number of hydrogen-bond donors (Lipinski definition) is 2. The van der Waals surface area contributed by atoms with Crippen molar-refractivity contribution in [2.45, 2.75) is 30.0 Å². The second-order valence-corrected chi connectivity index (χ2v) is 8.80. The van der Waals surface area contributed by atoms with Crippen molar-refractivity contribution in [3.8, 4) is 0 Å². The topological polar surface area (TPSA) is 116 Å². The molecule has 2 heterocycles. The molecule has 30 heavy (non-hydrogen) atoms. The van der Waals surface area contributed by atoms with Crippen LogP contribution < -0.4 is 10.6 Å². The van der Waals surface area contributed by atoms with E-state index in [1.165, 1.54) is 4.90 Å². The zero-order valence-electron chi connectivity index (χ0n) is 15.6. The van der Waals surface area contributed by atoms with Crippen molar-refractivity contribution in [3.63, 3.8) is 0 Å². The molecule has 1 aromatic rings. The summed E-state index contributed by atoms with van der Waals surface area (Å²) >= 11 is 0. The zero-order chi connectivity index (χ0) is 22.1. The Morgan fingerprint density at radius 1 is 1.07 bits per heavy atom. The molecule has 0 unspecified atom stereocenters. The predicted molar refractivity (Wildman–Crippen MR) is 96.5 cm³/mol. The molecule has 2 N–H and O–H groups in total. The van der Waals surface area contributed by atoms with Gasteiger partial charge in [-0.3, -0.25) is 14.9 Å². The minimum Gasteiger partial charge on any atom is -0.340 e. The molecule has 0 aliphatic carbocycles. The predicted octanol–water partition coefficient (Wildman–Crippen LogP) is 0.526. The van der Waals surface area contributed by atoms with Crippen molar-refractivity contribution < 1.29 is 36.0 Å². The van der Waals surface area contributed by atoms with Crippen LogP contribution in [-0.2, 0) is 25.8 Å². The van der Waals surface area contributed by atoms with Gasteiger partial charge in [0.1, 0.15) is 6.04 Å². The van der Waals surface area contributed by atoms with Crippen LogP contribution in [0.4, 0.5) is 18.0 Å². The highest BCUT2D eigenvalue weighted by atomic mass is 32.2. The maximum absolute atomic E-state index is 12.7. The van der Waals surface area contributed by atoms with Crippen LogP contribution in [0, 0.1) is 0 Å². The molecule has 1 aromatic carbocycles. The third-order valence-electron chi connectivity index (χ3n) is 4.92. The van der Waals surface area contributed by atoms with E-state index in [-0.39, 0.29) is 49.8 Å². The Kier molecular flexibility index (Phi) is 6.04. The second kappa shape index (κ2) is 8.22. The van der Waals surface area contributed by atoms with E-state index in [1.807, 2.05) is 0 Å². The molecule has 2 aliphatic rings. The number of halogens is 3. The highest BCUT2D eigenvalue weighted by molar-refractivity contribution is 7.89. The van der Waals surface area contributed by atoms with E-state index in [1.54, 1.807) is 0 Å². The standard InChI is InChI=1S/C17H19F3N4O5S/c18-17(19,20)11-1-3-12(4-2-11)30(28,29)24-9-7-23(8-10-24)14(25)6-5-13-15(26)22-16(27)21-13/h1-4,13H,5-10H2,(H2,21,22,26,27)/t13-/m0/s1. The van der Waals surface area contributed by atoms with Gasteiger partial charge in [-0.2, -0.15) is 17.5 Å². The third kappa shape index (κ3) is 4.73. The van der Waals surface area contributed by atoms with E-state index in [2.05, 4.69) is 10.6 Å². The zero-order valence-corrected chi connectivity index (χ0v) is 16.4. The van der Waals surface area contributed by atoms with Crippen molar-refractivity contribution >= 4 is 27.9 Å². The van der Waals surface area contributed by atoms with Crippen molar-refractivity contribution in [2.24, 2.45) is 0 Å². The first-order valence-electron chi connectivity index (χ1n) is 9.05. The van der Waals surface area contributed by atoms with Gasteiger partial charge in [0.2, 0.25) is 15.9 Å². The molecule has 0 bridgehead atoms. The third-order valence-corrected chi connectivity index (χ3v) is 6.83. The Bertz CT molecular complexity index is 941. The fourth-order valence-electron chi connectivity index (χ4n) is 3.23. The van der Waals surface area contributed by atoms with E-state index in [9.17, 15) is 36.0 Å². The smallest absolute Gasteiger partial charge is 0.340 e. The van der Waals surface area contributed by atoms with E-state index in [0.717, 1.165) is 16.4 Å². The summed E-state index contributed by atoms with van der Waals surface area (Å²) in [5.41, 5.74) is -0.941. The number of nitrogens with zero attached hydrogens (tertiary/aromatic N) is 2. The summed E-state index contributed by atoms with van der Waals surface area (Å²) < 4.78 is 64.4. The van der Waals surface area contributed by atoms with Gasteiger partial charge in [0.25, 0.3) is 5.91 Å². The number of rotatable bonds is 5. The number of amides is 4. The lowest BCUT2D eigenvalue weighted by atomic mass is 10.1. The van der Waals surface area contributed by atoms with Crippen LogP contribution >= 0.6 is 0 Å². The van der Waals surface area contributed by atoms with Gasteiger partial charge in [-0.05, 0) is 30.7 Å². The normalized spacial score (nSPS) is 20.8. The summed E-state index contributed by atoms with van der Waals surface area (Å²) in [6.07, 6.45) is -4.43. The number of benzene rings is 1. The van der Waals surface area contributed by atoms with Crippen LogP contribution in [-0.4, -0.2) is 67.7 Å². The van der Waals surface area contributed by atoms with Gasteiger partial charge in [0.05, 0.1) is 10.5 Å². The molecular formula is C17H19F3N4O5S. The lowest BCUT2D eigenvalue weighted by Crippen LogP contribution is -2.50. The Morgan fingerprint density at radius 2 is 1.67 bits per heavy atom. The summed E-state index contributed by atoms with van der Waals surface area (Å²) in [7, 11) is -3.98. The summed E-state index contributed by atoms with van der Waals surface area (Å²) in [5.74, 6) is -0.782. The number of nitrogens with one attached hydrogen (secondary N) is 2. The van der Waals surface area contributed by atoms with Gasteiger partial charge in [0.15, 0.2) is 0 Å². The van der Waals surface area contributed by atoms with Crippen molar-refractivity contribution in [1.29, 1.82) is 0 Å². The number of carbonyl (C=O) groups excluding carboxylic acids is 3. The van der Waals surface area contributed by atoms with Crippen LogP contribution in [0.25, 0.3) is 0 Å². The summed E-state index contributed by atoms with van der Waals surface area (Å²) in [6.45, 7) is 0.218. The number of carbonyl (C=O) groups is 3. The van der Waals surface area contributed by atoms with E-state index in [4.69, 9.17) is 0 Å². The van der Waals surface area contributed by atoms with Crippen LogP contribution in [0.2, 0.25) is 0 Å². The van der Waals surface area contributed by atoms with E-state index >= 15 is 0 Å². The van der Waals surface area contributed by atoms with Crippen molar-refractivity contribution in [2.75, 3.05) is 26.2 Å². The minimum atomic E-state index is -4.56. The number of urea groups is 1. The molecule has 0 saturated carbocycles. The molecule has 0 spiro atoms. The SMILES string of the molecule is O=C1NC(=O)[C@H](CCC(=O)N2CCN(S(=O)(=O)c3ccc(C(F)(F)F)cc3)CC2)N1. The largest absolute Gasteiger partial charge is 0.416 e. The Hall–Kier alpha value is -2.67. The molecule has 2 fully saturated rings. The molecular weight excluding hydrogens is 429 g/mol. The number of sulfonamides is 1. The van der Waals surface area contributed by atoms with Gasteiger partial charge >= 0.3 is 12.2 Å². The van der Waals surface area contributed by atoms with Crippen molar-refractivity contribution in [3.05, 3.63) is 29.8 Å². The first-order valence-corrected chi connectivity index (χ1v) is 10.5. The average molecular weight is 448 g/mol. The fraction of sp³-hybridized carbons (Fsp3) is 0.471. The fourth-order valence-corrected chi connectivity index (χ4v) is 4.65. The number of imide groups is 1. The molecule has 0 radical (unpaired) electrons. The first kappa shape index (κ1) is 22.0.